The number of rotatable bonds is 2. The van der Waals surface area contributed by atoms with Crippen molar-refractivity contribution in [1.29, 1.82) is 5.26 Å². The van der Waals surface area contributed by atoms with Crippen molar-refractivity contribution in [3.8, 4) is 6.07 Å². The number of benzene rings is 2. The molecule has 17 heavy (non-hydrogen) atoms. The van der Waals surface area contributed by atoms with E-state index in [0.29, 0.717) is 22.4 Å². The molecular weight excluding hydrogens is 212 g/mol. The van der Waals surface area contributed by atoms with E-state index in [0.717, 1.165) is 0 Å². The van der Waals surface area contributed by atoms with Crippen molar-refractivity contribution in [2.24, 2.45) is 0 Å². The number of carbonyl (C=O) groups is 1. The summed E-state index contributed by atoms with van der Waals surface area (Å²) in [7, 11) is 0. The maximum atomic E-state index is 12.1. The molecule has 0 radical (unpaired) electrons. The number of nitriles is 1. The molecule has 0 fully saturated rings. The van der Waals surface area contributed by atoms with E-state index >= 15 is 0 Å². The summed E-state index contributed by atoms with van der Waals surface area (Å²) < 4.78 is 0. The minimum absolute atomic E-state index is 0.166. The van der Waals surface area contributed by atoms with Crippen molar-refractivity contribution in [2.75, 3.05) is 5.73 Å². The van der Waals surface area contributed by atoms with Crippen LogP contribution in [0.1, 0.15) is 21.5 Å². The SMILES string of the molecule is N#Cc1ccc(N)c(C(=O)c2ccccc2)c1. The molecule has 0 unspecified atom stereocenters. The van der Waals surface area contributed by atoms with Gasteiger partial charge < -0.3 is 5.73 Å². The molecule has 0 spiro atoms. The quantitative estimate of drug-likeness (QED) is 0.626. The Morgan fingerprint density at radius 3 is 2.47 bits per heavy atom. The average Bonchev–Trinajstić information content (AvgIpc) is 2.39. The number of ketones is 1. The van der Waals surface area contributed by atoms with Gasteiger partial charge >= 0.3 is 0 Å². The number of hydrogen-bond donors (Lipinski definition) is 1. The van der Waals surface area contributed by atoms with Crippen molar-refractivity contribution in [3.63, 3.8) is 0 Å². The van der Waals surface area contributed by atoms with Gasteiger partial charge in [-0.15, -0.1) is 0 Å². The molecule has 82 valence electrons. The zero-order chi connectivity index (χ0) is 12.3. The number of nitrogens with two attached hydrogens (primary N) is 1. The van der Waals surface area contributed by atoms with E-state index in [4.69, 9.17) is 11.0 Å². The van der Waals surface area contributed by atoms with Gasteiger partial charge in [-0.05, 0) is 18.2 Å². The van der Waals surface area contributed by atoms with Gasteiger partial charge in [0, 0.05) is 16.8 Å². The van der Waals surface area contributed by atoms with Crippen LogP contribution in [0.25, 0.3) is 0 Å². The summed E-state index contributed by atoms with van der Waals surface area (Å²) in [6.07, 6.45) is 0. The first-order chi connectivity index (χ1) is 8.22. The summed E-state index contributed by atoms with van der Waals surface area (Å²) in [5.41, 5.74) is 7.50. The van der Waals surface area contributed by atoms with Gasteiger partial charge in [-0.1, -0.05) is 30.3 Å². The fourth-order valence-corrected chi connectivity index (χ4v) is 1.57. The molecule has 2 aromatic carbocycles. The molecule has 3 nitrogen and oxygen atoms in total. The van der Waals surface area contributed by atoms with Crippen molar-refractivity contribution < 1.29 is 4.79 Å². The number of nitrogens with zero attached hydrogens (tertiary/aromatic N) is 1. The lowest BCUT2D eigenvalue weighted by Gasteiger charge is -2.05. The van der Waals surface area contributed by atoms with Gasteiger partial charge in [-0.25, -0.2) is 0 Å². The summed E-state index contributed by atoms with van der Waals surface area (Å²) in [5, 5.41) is 8.80. The van der Waals surface area contributed by atoms with E-state index in [9.17, 15) is 4.79 Å². The molecule has 2 aromatic rings. The van der Waals surface area contributed by atoms with Gasteiger partial charge in [-0.2, -0.15) is 5.26 Å². The first-order valence-electron chi connectivity index (χ1n) is 5.12. The van der Waals surface area contributed by atoms with E-state index in [-0.39, 0.29) is 5.78 Å². The molecule has 0 saturated heterocycles. The van der Waals surface area contributed by atoms with Crippen LogP contribution >= 0.6 is 0 Å². The first kappa shape index (κ1) is 10.9. The van der Waals surface area contributed by atoms with Crippen LogP contribution in [0.4, 0.5) is 5.69 Å². The molecule has 0 aliphatic carbocycles. The maximum absolute atomic E-state index is 12.1. The molecule has 3 heteroatoms. The standard InChI is InChI=1S/C14H10N2O/c15-9-10-6-7-13(16)12(8-10)14(17)11-4-2-1-3-5-11/h1-8H,16H2. The van der Waals surface area contributed by atoms with E-state index in [1.165, 1.54) is 6.07 Å². The monoisotopic (exact) mass is 222 g/mol. The molecular formula is C14H10N2O. The minimum Gasteiger partial charge on any atom is -0.398 e. The Labute approximate surface area is 99.1 Å². The molecule has 0 aliphatic rings. The highest BCUT2D eigenvalue weighted by Gasteiger charge is 2.12. The lowest BCUT2D eigenvalue weighted by Crippen LogP contribution is -2.05. The Balaban J connectivity index is 2.48. The summed E-state index contributed by atoms with van der Waals surface area (Å²) in [6.45, 7) is 0. The molecule has 0 aromatic heterocycles. The normalized spacial score (nSPS) is 9.59. The Hall–Kier alpha value is -2.60. The van der Waals surface area contributed by atoms with Crippen molar-refractivity contribution in [1.82, 2.24) is 0 Å². The van der Waals surface area contributed by atoms with Crippen LogP contribution in [-0.2, 0) is 0 Å². The van der Waals surface area contributed by atoms with Crippen LogP contribution in [0.2, 0.25) is 0 Å². The Kier molecular flexibility index (Phi) is 2.89. The van der Waals surface area contributed by atoms with Crippen LogP contribution in [0, 0.1) is 11.3 Å². The maximum Gasteiger partial charge on any atom is 0.195 e. The van der Waals surface area contributed by atoms with Crippen LogP contribution < -0.4 is 5.73 Å². The second kappa shape index (κ2) is 4.50. The lowest BCUT2D eigenvalue weighted by atomic mass is 10.00. The van der Waals surface area contributed by atoms with Gasteiger partial charge in [0.1, 0.15) is 0 Å². The minimum atomic E-state index is -0.166. The van der Waals surface area contributed by atoms with Gasteiger partial charge in [0.15, 0.2) is 5.78 Å². The van der Waals surface area contributed by atoms with E-state index in [1.807, 2.05) is 12.1 Å². The second-order valence-electron chi connectivity index (χ2n) is 3.61. The Bertz CT molecular complexity index is 597. The van der Waals surface area contributed by atoms with E-state index < -0.39 is 0 Å². The van der Waals surface area contributed by atoms with Gasteiger partial charge in [0.2, 0.25) is 0 Å². The third-order valence-corrected chi connectivity index (χ3v) is 2.46. The topological polar surface area (TPSA) is 66.9 Å². The largest absolute Gasteiger partial charge is 0.398 e. The number of carbonyl (C=O) groups excluding carboxylic acids is 1. The van der Waals surface area contributed by atoms with Gasteiger partial charge in [-0.3, -0.25) is 4.79 Å². The van der Waals surface area contributed by atoms with Crippen molar-refractivity contribution in [2.45, 2.75) is 0 Å². The highest BCUT2D eigenvalue weighted by Crippen LogP contribution is 2.18. The smallest absolute Gasteiger partial charge is 0.195 e. The van der Waals surface area contributed by atoms with Gasteiger partial charge in [0.25, 0.3) is 0 Å². The first-order valence-corrected chi connectivity index (χ1v) is 5.12. The third-order valence-electron chi connectivity index (χ3n) is 2.46. The molecule has 2 rings (SSSR count). The second-order valence-corrected chi connectivity index (χ2v) is 3.61. The molecule has 2 N–H and O–H groups in total. The highest BCUT2D eigenvalue weighted by atomic mass is 16.1. The Morgan fingerprint density at radius 2 is 1.82 bits per heavy atom. The zero-order valence-electron chi connectivity index (χ0n) is 9.05. The summed E-state index contributed by atoms with van der Waals surface area (Å²) in [6, 6.07) is 15.5. The molecule has 0 heterocycles. The molecule has 0 atom stereocenters. The fraction of sp³-hybridized carbons (Fsp3) is 0. The van der Waals surface area contributed by atoms with E-state index in [1.54, 1.807) is 36.4 Å². The zero-order valence-corrected chi connectivity index (χ0v) is 9.05. The van der Waals surface area contributed by atoms with Crippen molar-refractivity contribution in [3.05, 3.63) is 65.2 Å². The summed E-state index contributed by atoms with van der Waals surface area (Å²) in [4.78, 5) is 12.1. The average molecular weight is 222 g/mol. The highest BCUT2D eigenvalue weighted by molar-refractivity contribution is 6.12. The predicted molar refractivity (Wildman–Crippen MR) is 65.4 cm³/mol. The van der Waals surface area contributed by atoms with Crippen molar-refractivity contribution >= 4 is 11.5 Å². The molecule has 0 amide bonds. The molecule has 0 bridgehead atoms. The lowest BCUT2D eigenvalue weighted by molar-refractivity contribution is 0.103. The van der Waals surface area contributed by atoms with Crippen LogP contribution in [-0.4, -0.2) is 5.78 Å². The summed E-state index contributed by atoms with van der Waals surface area (Å²) >= 11 is 0. The van der Waals surface area contributed by atoms with Crippen LogP contribution in [0.3, 0.4) is 0 Å². The van der Waals surface area contributed by atoms with E-state index in [2.05, 4.69) is 0 Å². The third kappa shape index (κ3) is 2.16. The fourth-order valence-electron chi connectivity index (χ4n) is 1.57. The summed E-state index contributed by atoms with van der Waals surface area (Å²) in [5.74, 6) is -0.166. The number of anilines is 1. The number of hydrogen-bond acceptors (Lipinski definition) is 3. The van der Waals surface area contributed by atoms with Gasteiger partial charge in [0.05, 0.1) is 11.6 Å². The predicted octanol–water partition coefficient (Wildman–Crippen LogP) is 2.37. The molecule has 0 aliphatic heterocycles. The van der Waals surface area contributed by atoms with Crippen LogP contribution in [0.15, 0.2) is 48.5 Å². The Morgan fingerprint density at radius 1 is 1.12 bits per heavy atom. The van der Waals surface area contributed by atoms with Crippen LogP contribution in [0.5, 0.6) is 0 Å². The molecule has 0 saturated carbocycles. The number of nitrogen functional groups attached to an aromatic ring is 1.